The van der Waals surface area contributed by atoms with E-state index < -0.39 is 0 Å². The van der Waals surface area contributed by atoms with Gasteiger partial charge in [-0.05, 0) is 24.7 Å². The summed E-state index contributed by atoms with van der Waals surface area (Å²) in [5.74, 6) is 0. The number of hydrogen-bond acceptors (Lipinski definition) is 2. The van der Waals surface area contributed by atoms with Crippen molar-refractivity contribution in [2.24, 2.45) is 11.1 Å². The number of nitrogens with two attached hydrogens (primary N) is 1. The first-order valence-corrected chi connectivity index (χ1v) is 5.22. The number of hydrogen-bond donors (Lipinski definition) is 1. The molecule has 70 valence electrons. The maximum atomic E-state index is 5.89. The van der Waals surface area contributed by atoms with Crippen LogP contribution in [-0.2, 0) is 0 Å². The fourth-order valence-electron chi connectivity index (χ4n) is 2.49. The second-order valence-corrected chi connectivity index (χ2v) is 4.69. The van der Waals surface area contributed by atoms with Gasteiger partial charge in [0.1, 0.15) is 0 Å². The van der Waals surface area contributed by atoms with Crippen LogP contribution in [0.5, 0.6) is 0 Å². The van der Waals surface area contributed by atoms with Crippen molar-refractivity contribution in [3.8, 4) is 0 Å². The number of rotatable bonds is 3. The van der Waals surface area contributed by atoms with Crippen molar-refractivity contribution in [3.63, 3.8) is 0 Å². The van der Waals surface area contributed by atoms with Gasteiger partial charge < -0.3 is 10.6 Å². The summed E-state index contributed by atoms with van der Waals surface area (Å²) in [4.78, 5) is 2.52. The largest absolute Gasteiger partial charge is 0.327 e. The second-order valence-electron chi connectivity index (χ2n) is 4.69. The average Bonchev–Trinajstić information content (AvgIpc) is 1.91. The summed E-state index contributed by atoms with van der Waals surface area (Å²) >= 11 is 0. The quantitative estimate of drug-likeness (QED) is 0.686. The molecule has 1 saturated heterocycles. The standard InChI is InChI=1S/C10H20N2/c1-2-9(11)6-12-7-10(8-12)4-3-5-10/h9H,2-8,11H2,1H3. The third kappa shape index (κ3) is 1.38. The molecule has 0 aromatic heterocycles. The second kappa shape index (κ2) is 3.00. The summed E-state index contributed by atoms with van der Waals surface area (Å²) in [6, 6.07) is 0.405. The minimum absolute atomic E-state index is 0.405. The highest BCUT2D eigenvalue weighted by molar-refractivity contribution is 5.00. The Hall–Kier alpha value is -0.0800. The Kier molecular flexibility index (Phi) is 2.13. The lowest BCUT2D eigenvalue weighted by atomic mass is 9.63. The van der Waals surface area contributed by atoms with Gasteiger partial charge in [-0.2, -0.15) is 0 Å². The molecule has 0 aromatic carbocycles. The van der Waals surface area contributed by atoms with Crippen LogP contribution in [0.1, 0.15) is 32.6 Å². The Morgan fingerprint density at radius 1 is 1.42 bits per heavy atom. The highest BCUT2D eigenvalue weighted by Gasteiger charge is 2.46. The van der Waals surface area contributed by atoms with Gasteiger partial charge in [-0.1, -0.05) is 13.3 Å². The smallest absolute Gasteiger partial charge is 0.0165 e. The Bertz CT molecular complexity index is 152. The third-order valence-corrected chi connectivity index (χ3v) is 3.55. The molecule has 0 bridgehead atoms. The van der Waals surface area contributed by atoms with E-state index in [4.69, 9.17) is 5.73 Å². The van der Waals surface area contributed by atoms with E-state index in [0.29, 0.717) is 6.04 Å². The van der Waals surface area contributed by atoms with Crippen molar-refractivity contribution in [1.82, 2.24) is 4.90 Å². The van der Waals surface area contributed by atoms with Crippen LogP contribution >= 0.6 is 0 Å². The SMILES string of the molecule is CCC(N)CN1CC2(CCC2)C1. The van der Waals surface area contributed by atoms with Crippen molar-refractivity contribution in [3.05, 3.63) is 0 Å². The highest BCUT2D eigenvalue weighted by atomic mass is 15.2. The zero-order chi connectivity index (χ0) is 8.60. The maximum absolute atomic E-state index is 5.89. The fourth-order valence-corrected chi connectivity index (χ4v) is 2.49. The maximum Gasteiger partial charge on any atom is 0.0165 e. The summed E-state index contributed by atoms with van der Waals surface area (Å²) in [6.07, 6.45) is 5.53. The first-order valence-electron chi connectivity index (χ1n) is 5.22. The molecule has 1 aliphatic carbocycles. The summed E-state index contributed by atoms with van der Waals surface area (Å²) in [5, 5.41) is 0. The van der Waals surface area contributed by atoms with E-state index in [1.807, 2.05) is 0 Å². The number of nitrogens with zero attached hydrogens (tertiary/aromatic N) is 1. The van der Waals surface area contributed by atoms with Crippen LogP contribution in [0.3, 0.4) is 0 Å². The molecule has 12 heavy (non-hydrogen) atoms. The minimum atomic E-state index is 0.405. The lowest BCUT2D eigenvalue weighted by Crippen LogP contribution is -2.61. The van der Waals surface area contributed by atoms with Gasteiger partial charge in [0.05, 0.1) is 0 Å². The molecule has 0 aromatic rings. The molecule has 2 aliphatic rings. The third-order valence-electron chi connectivity index (χ3n) is 3.55. The molecular weight excluding hydrogens is 148 g/mol. The number of likely N-dealkylation sites (tertiary alicyclic amines) is 1. The van der Waals surface area contributed by atoms with Crippen LogP contribution in [0.2, 0.25) is 0 Å². The van der Waals surface area contributed by atoms with Gasteiger partial charge in [-0.25, -0.2) is 0 Å². The van der Waals surface area contributed by atoms with Crippen LogP contribution in [0.25, 0.3) is 0 Å². The van der Waals surface area contributed by atoms with Crippen molar-refractivity contribution in [2.45, 2.75) is 38.6 Å². The molecule has 0 amide bonds. The molecule has 1 heterocycles. The van der Waals surface area contributed by atoms with Crippen LogP contribution in [-0.4, -0.2) is 30.6 Å². The Morgan fingerprint density at radius 2 is 2.08 bits per heavy atom. The summed E-state index contributed by atoms with van der Waals surface area (Å²) in [7, 11) is 0. The zero-order valence-corrected chi connectivity index (χ0v) is 8.05. The molecule has 1 aliphatic heterocycles. The van der Waals surface area contributed by atoms with E-state index in [1.54, 1.807) is 0 Å². The van der Waals surface area contributed by atoms with E-state index in [2.05, 4.69) is 11.8 Å². The summed E-state index contributed by atoms with van der Waals surface area (Å²) in [6.45, 7) is 5.96. The van der Waals surface area contributed by atoms with E-state index in [1.165, 1.54) is 32.4 Å². The fraction of sp³-hybridized carbons (Fsp3) is 1.00. The van der Waals surface area contributed by atoms with Gasteiger partial charge in [-0.3, -0.25) is 0 Å². The first kappa shape index (κ1) is 8.52. The Labute approximate surface area is 75.1 Å². The monoisotopic (exact) mass is 168 g/mol. The predicted octanol–water partition coefficient (Wildman–Crippen LogP) is 1.21. The molecule has 1 spiro atoms. The van der Waals surface area contributed by atoms with Crippen LogP contribution in [0.4, 0.5) is 0 Å². The molecule has 2 nitrogen and oxygen atoms in total. The van der Waals surface area contributed by atoms with Crippen molar-refractivity contribution < 1.29 is 0 Å². The van der Waals surface area contributed by atoms with E-state index >= 15 is 0 Å². The lowest BCUT2D eigenvalue weighted by Gasteiger charge is -2.56. The molecule has 0 radical (unpaired) electrons. The molecule has 1 saturated carbocycles. The van der Waals surface area contributed by atoms with Gasteiger partial charge in [0.25, 0.3) is 0 Å². The molecule has 2 rings (SSSR count). The van der Waals surface area contributed by atoms with Gasteiger partial charge in [0.2, 0.25) is 0 Å². The molecule has 2 heteroatoms. The molecular formula is C10H20N2. The van der Waals surface area contributed by atoms with Gasteiger partial charge in [0.15, 0.2) is 0 Å². The van der Waals surface area contributed by atoms with Crippen molar-refractivity contribution in [1.29, 1.82) is 0 Å². The normalized spacial score (nSPS) is 29.5. The van der Waals surface area contributed by atoms with Crippen LogP contribution in [0.15, 0.2) is 0 Å². The predicted molar refractivity (Wildman–Crippen MR) is 51.0 cm³/mol. The summed E-state index contributed by atoms with van der Waals surface area (Å²) < 4.78 is 0. The first-order chi connectivity index (χ1) is 5.74. The average molecular weight is 168 g/mol. The zero-order valence-electron chi connectivity index (χ0n) is 8.05. The van der Waals surface area contributed by atoms with E-state index in [9.17, 15) is 0 Å². The Morgan fingerprint density at radius 3 is 2.50 bits per heavy atom. The summed E-state index contributed by atoms with van der Waals surface area (Å²) in [5.41, 5.74) is 6.66. The van der Waals surface area contributed by atoms with Gasteiger partial charge in [0, 0.05) is 25.7 Å². The molecule has 2 fully saturated rings. The molecule has 1 unspecified atom stereocenters. The Balaban J connectivity index is 1.67. The highest BCUT2D eigenvalue weighted by Crippen LogP contribution is 2.47. The topological polar surface area (TPSA) is 29.3 Å². The minimum Gasteiger partial charge on any atom is -0.327 e. The van der Waals surface area contributed by atoms with Crippen LogP contribution in [0, 0.1) is 5.41 Å². The van der Waals surface area contributed by atoms with E-state index in [0.717, 1.165) is 18.4 Å². The van der Waals surface area contributed by atoms with Gasteiger partial charge >= 0.3 is 0 Å². The van der Waals surface area contributed by atoms with E-state index in [-0.39, 0.29) is 0 Å². The molecule has 2 N–H and O–H groups in total. The van der Waals surface area contributed by atoms with Gasteiger partial charge in [-0.15, -0.1) is 0 Å². The van der Waals surface area contributed by atoms with Crippen LogP contribution < -0.4 is 5.73 Å². The van der Waals surface area contributed by atoms with Crippen molar-refractivity contribution in [2.75, 3.05) is 19.6 Å². The lowest BCUT2D eigenvalue weighted by molar-refractivity contribution is -0.0619. The molecule has 1 atom stereocenters. The van der Waals surface area contributed by atoms with Crippen molar-refractivity contribution >= 4 is 0 Å².